The number of hydrogen-bond donors (Lipinski definition) is 2. The molecule has 112 valence electrons. The quantitative estimate of drug-likeness (QED) is 0.716. The first-order valence-electron chi connectivity index (χ1n) is 7.51. The van der Waals surface area contributed by atoms with Crippen LogP contribution in [0.15, 0.2) is 5.10 Å². The third-order valence-corrected chi connectivity index (χ3v) is 3.68. The lowest BCUT2D eigenvalue weighted by Crippen LogP contribution is -2.37. The standard InChI is InChI=1S/C14H23N3O3/c18-13-8-7-12(16-17-13)14(19)15-9-4-10-20-11-5-2-1-3-6-11/h11H,1-10H2,(H,15,19)(H,17,18). The second kappa shape index (κ2) is 7.99. The van der Waals surface area contributed by atoms with Crippen LogP contribution in [0.25, 0.3) is 0 Å². The number of amides is 2. The third-order valence-electron chi connectivity index (χ3n) is 3.68. The van der Waals surface area contributed by atoms with Crippen molar-refractivity contribution < 1.29 is 14.3 Å². The molecular formula is C14H23N3O3. The molecule has 6 nitrogen and oxygen atoms in total. The van der Waals surface area contributed by atoms with Crippen LogP contribution >= 0.6 is 0 Å². The lowest BCUT2D eigenvalue weighted by molar-refractivity contribution is -0.121. The second-order valence-electron chi connectivity index (χ2n) is 5.33. The number of hydrogen-bond acceptors (Lipinski definition) is 4. The van der Waals surface area contributed by atoms with Crippen LogP contribution in [-0.4, -0.2) is 36.8 Å². The summed E-state index contributed by atoms with van der Waals surface area (Å²) in [5.41, 5.74) is 2.72. The Morgan fingerprint density at radius 1 is 1.30 bits per heavy atom. The summed E-state index contributed by atoms with van der Waals surface area (Å²) in [5, 5.41) is 6.56. The summed E-state index contributed by atoms with van der Waals surface area (Å²) < 4.78 is 5.79. The maximum atomic E-state index is 11.7. The molecule has 2 rings (SSSR count). The van der Waals surface area contributed by atoms with Gasteiger partial charge in [-0.3, -0.25) is 9.59 Å². The number of rotatable bonds is 6. The van der Waals surface area contributed by atoms with Gasteiger partial charge in [0.05, 0.1) is 6.10 Å². The van der Waals surface area contributed by atoms with E-state index in [1.54, 1.807) is 0 Å². The van der Waals surface area contributed by atoms with Gasteiger partial charge in [-0.25, -0.2) is 5.43 Å². The van der Waals surface area contributed by atoms with E-state index in [9.17, 15) is 9.59 Å². The van der Waals surface area contributed by atoms with Crippen molar-refractivity contribution in [3.05, 3.63) is 0 Å². The van der Waals surface area contributed by atoms with E-state index in [4.69, 9.17) is 4.74 Å². The van der Waals surface area contributed by atoms with Gasteiger partial charge in [-0.15, -0.1) is 0 Å². The smallest absolute Gasteiger partial charge is 0.267 e. The molecule has 0 aromatic carbocycles. The van der Waals surface area contributed by atoms with Gasteiger partial charge < -0.3 is 10.1 Å². The number of carbonyl (C=O) groups excluding carboxylic acids is 2. The fraction of sp³-hybridized carbons (Fsp3) is 0.786. The predicted octanol–water partition coefficient (Wildman–Crippen LogP) is 1.11. The molecular weight excluding hydrogens is 258 g/mol. The average molecular weight is 281 g/mol. The first-order chi connectivity index (χ1) is 9.75. The summed E-state index contributed by atoms with van der Waals surface area (Å²) in [5.74, 6) is -0.329. The SMILES string of the molecule is O=C1CCC(C(=O)NCCCOC2CCCCC2)=NN1. The van der Waals surface area contributed by atoms with Crippen molar-refractivity contribution in [3.8, 4) is 0 Å². The molecule has 0 aromatic heterocycles. The number of ether oxygens (including phenoxy) is 1. The topological polar surface area (TPSA) is 79.8 Å². The summed E-state index contributed by atoms with van der Waals surface area (Å²) in [6.45, 7) is 1.27. The Kier molecular flexibility index (Phi) is 5.98. The fourth-order valence-corrected chi connectivity index (χ4v) is 2.50. The molecule has 2 N–H and O–H groups in total. The van der Waals surface area contributed by atoms with Gasteiger partial charge in [0.15, 0.2) is 0 Å². The van der Waals surface area contributed by atoms with E-state index in [2.05, 4.69) is 15.8 Å². The molecule has 0 atom stereocenters. The van der Waals surface area contributed by atoms with Crippen molar-refractivity contribution in [1.82, 2.24) is 10.7 Å². The molecule has 20 heavy (non-hydrogen) atoms. The predicted molar refractivity (Wildman–Crippen MR) is 75.3 cm³/mol. The van der Waals surface area contributed by atoms with E-state index in [1.165, 1.54) is 32.1 Å². The number of nitrogens with zero attached hydrogens (tertiary/aromatic N) is 1. The molecule has 6 heteroatoms. The molecule has 1 saturated carbocycles. The molecule has 0 radical (unpaired) electrons. The molecule has 0 bridgehead atoms. The summed E-state index contributed by atoms with van der Waals surface area (Å²) in [6.07, 6.45) is 8.17. The van der Waals surface area contributed by atoms with Crippen LogP contribution in [-0.2, 0) is 14.3 Å². The Morgan fingerprint density at radius 2 is 2.10 bits per heavy atom. The van der Waals surface area contributed by atoms with Crippen molar-refractivity contribution in [2.75, 3.05) is 13.2 Å². The summed E-state index contributed by atoms with van der Waals surface area (Å²) in [4.78, 5) is 22.6. The molecule has 0 unspecified atom stereocenters. The normalized spacial score (nSPS) is 20.2. The minimum absolute atomic E-state index is 0.137. The maximum Gasteiger partial charge on any atom is 0.267 e. The summed E-state index contributed by atoms with van der Waals surface area (Å²) >= 11 is 0. The molecule has 0 spiro atoms. The van der Waals surface area contributed by atoms with E-state index in [0.29, 0.717) is 37.8 Å². The highest BCUT2D eigenvalue weighted by Crippen LogP contribution is 2.20. The molecule has 2 amide bonds. The van der Waals surface area contributed by atoms with Gasteiger partial charge in [0.1, 0.15) is 5.71 Å². The largest absolute Gasteiger partial charge is 0.378 e. The Bertz CT molecular complexity index is 376. The van der Waals surface area contributed by atoms with Crippen LogP contribution < -0.4 is 10.7 Å². The van der Waals surface area contributed by atoms with Crippen molar-refractivity contribution >= 4 is 17.5 Å². The van der Waals surface area contributed by atoms with Gasteiger partial charge in [0.2, 0.25) is 5.91 Å². The van der Waals surface area contributed by atoms with E-state index < -0.39 is 0 Å². The third kappa shape index (κ3) is 4.92. The Balaban J connectivity index is 1.54. The number of carbonyl (C=O) groups is 2. The van der Waals surface area contributed by atoms with Crippen molar-refractivity contribution in [2.24, 2.45) is 5.10 Å². The summed E-state index contributed by atoms with van der Waals surface area (Å²) in [7, 11) is 0. The first-order valence-corrected chi connectivity index (χ1v) is 7.51. The molecule has 1 aliphatic heterocycles. The highest BCUT2D eigenvalue weighted by Gasteiger charge is 2.17. The van der Waals surface area contributed by atoms with Crippen LogP contribution in [0.2, 0.25) is 0 Å². The molecule has 0 saturated heterocycles. The zero-order valence-electron chi connectivity index (χ0n) is 11.8. The van der Waals surface area contributed by atoms with Gasteiger partial charge in [0.25, 0.3) is 5.91 Å². The minimum atomic E-state index is -0.192. The van der Waals surface area contributed by atoms with Crippen molar-refractivity contribution in [1.29, 1.82) is 0 Å². The van der Waals surface area contributed by atoms with Gasteiger partial charge in [-0.2, -0.15) is 5.10 Å². The highest BCUT2D eigenvalue weighted by atomic mass is 16.5. The van der Waals surface area contributed by atoms with Crippen molar-refractivity contribution in [3.63, 3.8) is 0 Å². The highest BCUT2D eigenvalue weighted by molar-refractivity contribution is 6.39. The van der Waals surface area contributed by atoms with Crippen LogP contribution in [0.1, 0.15) is 51.4 Å². The fourth-order valence-electron chi connectivity index (χ4n) is 2.50. The Morgan fingerprint density at radius 3 is 2.80 bits per heavy atom. The Labute approximate surface area is 119 Å². The van der Waals surface area contributed by atoms with Crippen LogP contribution in [0.3, 0.4) is 0 Å². The van der Waals surface area contributed by atoms with Crippen LogP contribution in [0.4, 0.5) is 0 Å². The average Bonchev–Trinajstić information content (AvgIpc) is 2.48. The van der Waals surface area contributed by atoms with E-state index in [-0.39, 0.29) is 11.8 Å². The molecule has 0 aromatic rings. The molecule has 2 aliphatic rings. The molecule has 1 aliphatic carbocycles. The summed E-state index contributed by atoms with van der Waals surface area (Å²) in [6, 6.07) is 0. The number of hydrazone groups is 1. The van der Waals surface area contributed by atoms with E-state index in [1.807, 2.05) is 0 Å². The zero-order chi connectivity index (χ0) is 14.2. The van der Waals surface area contributed by atoms with Gasteiger partial charge in [-0.1, -0.05) is 19.3 Å². The van der Waals surface area contributed by atoms with Crippen molar-refractivity contribution in [2.45, 2.75) is 57.5 Å². The van der Waals surface area contributed by atoms with E-state index in [0.717, 1.165) is 6.42 Å². The first kappa shape index (κ1) is 15.0. The minimum Gasteiger partial charge on any atom is -0.378 e. The number of nitrogens with one attached hydrogen (secondary N) is 2. The maximum absolute atomic E-state index is 11.7. The van der Waals surface area contributed by atoms with Gasteiger partial charge >= 0.3 is 0 Å². The lowest BCUT2D eigenvalue weighted by atomic mass is 9.98. The Hall–Kier alpha value is -1.43. The van der Waals surface area contributed by atoms with Gasteiger partial charge in [0, 0.05) is 26.0 Å². The molecule has 1 fully saturated rings. The monoisotopic (exact) mass is 281 g/mol. The van der Waals surface area contributed by atoms with Crippen LogP contribution in [0, 0.1) is 0 Å². The van der Waals surface area contributed by atoms with E-state index >= 15 is 0 Å². The lowest BCUT2D eigenvalue weighted by Gasteiger charge is -2.22. The molecule has 1 heterocycles. The van der Waals surface area contributed by atoms with Crippen LogP contribution in [0.5, 0.6) is 0 Å². The van der Waals surface area contributed by atoms with Gasteiger partial charge in [-0.05, 0) is 19.3 Å². The zero-order valence-corrected chi connectivity index (χ0v) is 11.8. The second-order valence-corrected chi connectivity index (χ2v) is 5.33.